The highest BCUT2D eigenvalue weighted by atomic mass is 16.2. The second-order valence-corrected chi connectivity index (χ2v) is 7.45. The van der Waals surface area contributed by atoms with E-state index >= 15 is 0 Å². The molecular formula is C20H30N4O2. The first-order chi connectivity index (χ1) is 12.6. The molecule has 0 bridgehead atoms. The fourth-order valence-corrected chi connectivity index (χ4v) is 3.76. The standard InChI is InChI=1S/C20H30N4O2/c1-16(15-24-13-7-10-19(24)25)14-21-20(26)22-17-8-3-4-9-18(17)23-11-5-2-6-12-23/h3-4,8-9,16H,2,5-7,10-15H2,1H3,(H2,21,22,26)/t16-/m0/s1. The average Bonchev–Trinajstić information content (AvgIpc) is 3.06. The van der Waals surface area contributed by atoms with Crippen molar-refractivity contribution in [2.75, 3.05) is 42.9 Å². The lowest BCUT2D eigenvalue weighted by Crippen LogP contribution is -2.38. The van der Waals surface area contributed by atoms with Crippen LogP contribution in [0.25, 0.3) is 0 Å². The van der Waals surface area contributed by atoms with Crippen molar-refractivity contribution in [1.29, 1.82) is 0 Å². The molecule has 2 fully saturated rings. The fraction of sp³-hybridized carbons (Fsp3) is 0.600. The lowest BCUT2D eigenvalue weighted by molar-refractivity contribution is -0.128. The molecule has 0 unspecified atom stereocenters. The molecule has 142 valence electrons. The number of hydrogen-bond donors (Lipinski definition) is 2. The molecule has 1 aromatic rings. The Morgan fingerprint density at radius 3 is 2.62 bits per heavy atom. The third kappa shape index (κ3) is 4.90. The van der Waals surface area contributed by atoms with Crippen molar-refractivity contribution in [1.82, 2.24) is 10.2 Å². The number of carbonyl (C=O) groups is 2. The van der Waals surface area contributed by atoms with Gasteiger partial charge >= 0.3 is 6.03 Å². The first-order valence-corrected chi connectivity index (χ1v) is 9.80. The molecule has 0 radical (unpaired) electrons. The van der Waals surface area contributed by atoms with Gasteiger partial charge in [-0.2, -0.15) is 0 Å². The highest BCUT2D eigenvalue weighted by Crippen LogP contribution is 2.28. The Bertz CT molecular complexity index is 628. The molecule has 1 aromatic carbocycles. The summed E-state index contributed by atoms with van der Waals surface area (Å²) in [6, 6.07) is 7.81. The molecule has 2 N–H and O–H groups in total. The van der Waals surface area contributed by atoms with Gasteiger partial charge in [0, 0.05) is 39.1 Å². The van der Waals surface area contributed by atoms with Crippen LogP contribution >= 0.6 is 0 Å². The summed E-state index contributed by atoms with van der Waals surface area (Å²) in [6.45, 7) is 6.26. The summed E-state index contributed by atoms with van der Waals surface area (Å²) in [5.74, 6) is 0.469. The zero-order chi connectivity index (χ0) is 18.4. The number of urea groups is 1. The smallest absolute Gasteiger partial charge is 0.319 e. The number of nitrogens with one attached hydrogen (secondary N) is 2. The van der Waals surface area contributed by atoms with Gasteiger partial charge in [-0.05, 0) is 43.7 Å². The molecule has 2 heterocycles. The molecule has 0 aliphatic carbocycles. The fourth-order valence-electron chi connectivity index (χ4n) is 3.76. The number of rotatable bonds is 6. The molecule has 0 saturated carbocycles. The Hall–Kier alpha value is -2.24. The predicted octanol–water partition coefficient (Wildman–Crippen LogP) is 3.06. The number of carbonyl (C=O) groups excluding carboxylic acids is 2. The maximum absolute atomic E-state index is 12.3. The van der Waals surface area contributed by atoms with Gasteiger partial charge in [-0.15, -0.1) is 0 Å². The Labute approximate surface area is 155 Å². The summed E-state index contributed by atoms with van der Waals surface area (Å²) in [5.41, 5.74) is 1.95. The Morgan fingerprint density at radius 1 is 1.12 bits per heavy atom. The summed E-state index contributed by atoms with van der Waals surface area (Å²) in [6.07, 6.45) is 5.30. The lowest BCUT2D eigenvalue weighted by Gasteiger charge is -2.30. The van der Waals surface area contributed by atoms with Crippen LogP contribution in [0.5, 0.6) is 0 Å². The zero-order valence-electron chi connectivity index (χ0n) is 15.7. The molecular weight excluding hydrogens is 328 g/mol. The molecule has 2 aliphatic heterocycles. The van der Waals surface area contributed by atoms with Crippen molar-refractivity contribution in [3.05, 3.63) is 24.3 Å². The minimum Gasteiger partial charge on any atom is -0.370 e. The summed E-state index contributed by atoms with van der Waals surface area (Å²) in [7, 11) is 0. The SMILES string of the molecule is C[C@@H](CNC(=O)Nc1ccccc1N1CCCCC1)CN1CCCC1=O. The highest BCUT2D eigenvalue weighted by molar-refractivity contribution is 5.93. The molecule has 3 amide bonds. The molecule has 0 spiro atoms. The maximum Gasteiger partial charge on any atom is 0.319 e. The molecule has 6 nitrogen and oxygen atoms in total. The molecule has 3 rings (SSSR count). The molecule has 2 saturated heterocycles. The predicted molar refractivity (Wildman–Crippen MR) is 105 cm³/mol. The van der Waals surface area contributed by atoms with Crippen molar-refractivity contribution in [2.24, 2.45) is 5.92 Å². The van der Waals surface area contributed by atoms with Crippen molar-refractivity contribution in [3.63, 3.8) is 0 Å². The number of benzene rings is 1. The third-order valence-corrected chi connectivity index (χ3v) is 5.16. The first kappa shape index (κ1) is 18.5. The van der Waals surface area contributed by atoms with Crippen LogP contribution in [-0.2, 0) is 4.79 Å². The summed E-state index contributed by atoms with van der Waals surface area (Å²) in [5, 5.41) is 5.94. The van der Waals surface area contributed by atoms with Gasteiger partial charge in [0.1, 0.15) is 0 Å². The number of likely N-dealkylation sites (tertiary alicyclic amines) is 1. The first-order valence-electron chi connectivity index (χ1n) is 9.80. The summed E-state index contributed by atoms with van der Waals surface area (Å²) in [4.78, 5) is 28.3. The van der Waals surface area contributed by atoms with Crippen molar-refractivity contribution < 1.29 is 9.59 Å². The number of para-hydroxylation sites is 2. The summed E-state index contributed by atoms with van der Waals surface area (Å²) < 4.78 is 0. The van der Waals surface area contributed by atoms with E-state index in [4.69, 9.17) is 0 Å². The van der Waals surface area contributed by atoms with Crippen LogP contribution in [0.15, 0.2) is 24.3 Å². The van der Waals surface area contributed by atoms with Crippen LogP contribution in [0.4, 0.5) is 16.2 Å². The van der Waals surface area contributed by atoms with E-state index in [0.29, 0.717) is 19.5 Å². The van der Waals surface area contributed by atoms with Crippen LogP contribution in [0.3, 0.4) is 0 Å². The van der Waals surface area contributed by atoms with E-state index in [1.807, 2.05) is 23.1 Å². The van der Waals surface area contributed by atoms with Crippen LogP contribution in [0.2, 0.25) is 0 Å². The van der Waals surface area contributed by atoms with Gasteiger partial charge in [-0.25, -0.2) is 4.79 Å². The van der Waals surface area contributed by atoms with E-state index in [2.05, 4.69) is 28.5 Å². The van der Waals surface area contributed by atoms with Gasteiger partial charge < -0.3 is 20.4 Å². The quantitative estimate of drug-likeness (QED) is 0.821. The summed E-state index contributed by atoms with van der Waals surface area (Å²) >= 11 is 0. The molecule has 1 atom stereocenters. The van der Waals surface area contributed by atoms with E-state index < -0.39 is 0 Å². The van der Waals surface area contributed by atoms with Crippen LogP contribution in [-0.4, -0.2) is 49.6 Å². The largest absolute Gasteiger partial charge is 0.370 e. The van der Waals surface area contributed by atoms with E-state index in [0.717, 1.165) is 37.4 Å². The van der Waals surface area contributed by atoms with Crippen LogP contribution in [0, 0.1) is 5.92 Å². The van der Waals surface area contributed by atoms with E-state index in [1.165, 1.54) is 19.3 Å². The topological polar surface area (TPSA) is 64.7 Å². The van der Waals surface area contributed by atoms with E-state index in [-0.39, 0.29) is 17.9 Å². The van der Waals surface area contributed by atoms with Gasteiger partial charge in [0.15, 0.2) is 0 Å². The van der Waals surface area contributed by atoms with Crippen molar-refractivity contribution in [3.8, 4) is 0 Å². The monoisotopic (exact) mass is 358 g/mol. The Kier molecular flexibility index (Phi) is 6.36. The minimum atomic E-state index is -0.186. The van der Waals surface area contributed by atoms with E-state index in [1.54, 1.807) is 0 Å². The maximum atomic E-state index is 12.3. The molecule has 6 heteroatoms. The minimum absolute atomic E-state index is 0.186. The van der Waals surface area contributed by atoms with Crippen LogP contribution < -0.4 is 15.5 Å². The molecule has 2 aliphatic rings. The number of hydrogen-bond acceptors (Lipinski definition) is 3. The van der Waals surface area contributed by atoms with Crippen molar-refractivity contribution >= 4 is 23.3 Å². The van der Waals surface area contributed by atoms with Crippen LogP contribution in [0.1, 0.15) is 39.0 Å². The number of amides is 3. The Balaban J connectivity index is 1.49. The van der Waals surface area contributed by atoms with Gasteiger partial charge in [0.05, 0.1) is 11.4 Å². The molecule has 0 aromatic heterocycles. The Morgan fingerprint density at radius 2 is 1.88 bits per heavy atom. The zero-order valence-corrected chi connectivity index (χ0v) is 15.7. The number of anilines is 2. The second-order valence-electron chi connectivity index (χ2n) is 7.45. The average molecular weight is 358 g/mol. The molecule has 26 heavy (non-hydrogen) atoms. The van der Waals surface area contributed by atoms with Gasteiger partial charge in [-0.3, -0.25) is 4.79 Å². The van der Waals surface area contributed by atoms with Crippen molar-refractivity contribution in [2.45, 2.75) is 39.0 Å². The highest BCUT2D eigenvalue weighted by Gasteiger charge is 2.22. The second kappa shape index (κ2) is 8.92. The van der Waals surface area contributed by atoms with E-state index in [9.17, 15) is 9.59 Å². The number of nitrogens with zero attached hydrogens (tertiary/aromatic N) is 2. The van der Waals surface area contributed by atoms with Gasteiger partial charge in [0.25, 0.3) is 0 Å². The van der Waals surface area contributed by atoms with Gasteiger partial charge in [-0.1, -0.05) is 19.1 Å². The lowest BCUT2D eigenvalue weighted by atomic mass is 10.1. The number of piperidine rings is 1. The normalized spacial score (nSPS) is 18.7. The third-order valence-electron chi connectivity index (χ3n) is 5.16. The van der Waals surface area contributed by atoms with Gasteiger partial charge in [0.2, 0.25) is 5.91 Å².